The third-order valence-corrected chi connectivity index (χ3v) is 3.76. The quantitative estimate of drug-likeness (QED) is 0.669. The molecule has 0 bridgehead atoms. The Morgan fingerprint density at radius 2 is 2.17 bits per heavy atom. The highest BCUT2D eigenvalue weighted by Gasteiger charge is 2.50. The Morgan fingerprint density at radius 1 is 1.50 bits per heavy atom. The standard InChI is InChI=1S/C12H19N3O3/c1-6-5-15-10(9(6)13-3)11(17)14-8(12(15)18)4-7(2)16/h6,8-10,13H,4-5H2,1-3H3,(H,14,17)/t6-,8+,9-,10?/m1/s1. The largest absolute Gasteiger partial charge is 0.342 e. The molecular formula is C12H19N3O3. The van der Waals surface area contributed by atoms with Gasteiger partial charge in [0.25, 0.3) is 0 Å². The molecule has 0 aromatic heterocycles. The minimum absolute atomic E-state index is 0.0211. The Balaban J connectivity index is 2.20. The van der Waals surface area contributed by atoms with Crippen LogP contribution in [0.3, 0.4) is 0 Å². The van der Waals surface area contributed by atoms with E-state index < -0.39 is 12.1 Å². The van der Waals surface area contributed by atoms with Gasteiger partial charge in [-0.3, -0.25) is 14.4 Å². The molecule has 2 heterocycles. The zero-order chi connectivity index (χ0) is 13.4. The fourth-order valence-electron chi connectivity index (χ4n) is 2.96. The van der Waals surface area contributed by atoms with Gasteiger partial charge >= 0.3 is 0 Å². The Labute approximate surface area is 106 Å². The van der Waals surface area contributed by atoms with Gasteiger partial charge in [-0.1, -0.05) is 6.92 Å². The van der Waals surface area contributed by atoms with E-state index in [1.54, 1.807) is 11.9 Å². The molecular weight excluding hydrogens is 234 g/mol. The summed E-state index contributed by atoms with van der Waals surface area (Å²) in [5.74, 6) is -0.167. The second-order valence-electron chi connectivity index (χ2n) is 5.19. The zero-order valence-corrected chi connectivity index (χ0v) is 10.9. The van der Waals surface area contributed by atoms with Crippen molar-refractivity contribution >= 4 is 17.6 Å². The fraction of sp³-hybridized carbons (Fsp3) is 0.750. The van der Waals surface area contributed by atoms with Crippen molar-refractivity contribution in [2.24, 2.45) is 5.92 Å². The Morgan fingerprint density at radius 3 is 2.72 bits per heavy atom. The molecule has 100 valence electrons. The van der Waals surface area contributed by atoms with Crippen LogP contribution in [-0.4, -0.2) is 54.2 Å². The second kappa shape index (κ2) is 4.68. The third kappa shape index (κ3) is 2.01. The zero-order valence-electron chi connectivity index (χ0n) is 10.9. The predicted octanol–water partition coefficient (Wildman–Crippen LogP) is -1.10. The number of nitrogens with one attached hydrogen (secondary N) is 2. The minimum atomic E-state index is -0.686. The van der Waals surface area contributed by atoms with Crippen molar-refractivity contribution in [1.29, 1.82) is 0 Å². The lowest BCUT2D eigenvalue weighted by Gasteiger charge is -2.36. The van der Waals surface area contributed by atoms with E-state index in [0.29, 0.717) is 6.54 Å². The molecule has 4 atom stereocenters. The van der Waals surface area contributed by atoms with E-state index in [4.69, 9.17) is 0 Å². The van der Waals surface area contributed by atoms with Crippen LogP contribution in [0.1, 0.15) is 20.3 Å². The average molecular weight is 253 g/mol. The van der Waals surface area contributed by atoms with Crippen molar-refractivity contribution in [2.75, 3.05) is 13.6 Å². The molecule has 18 heavy (non-hydrogen) atoms. The predicted molar refractivity (Wildman–Crippen MR) is 64.7 cm³/mol. The van der Waals surface area contributed by atoms with Gasteiger partial charge < -0.3 is 15.5 Å². The van der Waals surface area contributed by atoms with Gasteiger partial charge in [-0.05, 0) is 19.9 Å². The highest BCUT2D eigenvalue weighted by molar-refractivity contribution is 6.00. The average Bonchev–Trinajstić information content (AvgIpc) is 2.62. The number of nitrogens with zero attached hydrogens (tertiary/aromatic N) is 1. The number of rotatable bonds is 3. The lowest BCUT2D eigenvalue weighted by molar-refractivity contribution is -0.148. The first-order valence-corrected chi connectivity index (χ1v) is 6.23. The maximum atomic E-state index is 12.2. The topological polar surface area (TPSA) is 78.5 Å². The molecule has 2 aliphatic rings. The molecule has 2 rings (SSSR count). The van der Waals surface area contributed by atoms with Crippen molar-refractivity contribution in [1.82, 2.24) is 15.5 Å². The van der Waals surface area contributed by atoms with E-state index in [-0.39, 0.29) is 36.0 Å². The first-order chi connectivity index (χ1) is 8.45. The summed E-state index contributed by atoms with van der Waals surface area (Å²) in [6.07, 6.45) is 0.0758. The summed E-state index contributed by atoms with van der Waals surface area (Å²) >= 11 is 0. The van der Waals surface area contributed by atoms with Gasteiger partial charge in [0, 0.05) is 19.0 Å². The molecule has 0 aliphatic carbocycles. The number of carbonyl (C=O) groups is 3. The summed E-state index contributed by atoms with van der Waals surface area (Å²) in [4.78, 5) is 37.0. The summed E-state index contributed by atoms with van der Waals surface area (Å²) in [5.41, 5.74) is 0. The SMILES string of the molecule is CN[C@H]1C2C(=O)N[C@@H](CC(C)=O)C(=O)N2C[C@H]1C. The van der Waals surface area contributed by atoms with Gasteiger partial charge in [0.2, 0.25) is 11.8 Å². The van der Waals surface area contributed by atoms with Crippen LogP contribution in [0, 0.1) is 5.92 Å². The Hall–Kier alpha value is -1.43. The molecule has 6 heteroatoms. The lowest BCUT2D eigenvalue weighted by Crippen LogP contribution is -2.64. The summed E-state index contributed by atoms with van der Waals surface area (Å²) < 4.78 is 0. The lowest BCUT2D eigenvalue weighted by atomic mass is 9.98. The number of fused-ring (bicyclic) bond motifs is 1. The van der Waals surface area contributed by atoms with Gasteiger partial charge in [0.05, 0.1) is 0 Å². The van der Waals surface area contributed by atoms with Crippen LogP contribution in [0.4, 0.5) is 0 Å². The smallest absolute Gasteiger partial charge is 0.246 e. The van der Waals surface area contributed by atoms with Crippen LogP contribution in [0.2, 0.25) is 0 Å². The molecule has 0 aromatic rings. The number of carbonyl (C=O) groups excluding carboxylic acids is 3. The van der Waals surface area contributed by atoms with Gasteiger partial charge in [0.15, 0.2) is 0 Å². The van der Waals surface area contributed by atoms with E-state index in [2.05, 4.69) is 10.6 Å². The van der Waals surface area contributed by atoms with E-state index in [9.17, 15) is 14.4 Å². The van der Waals surface area contributed by atoms with Gasteiger partial charge in [0.1, 0.15) is 17.9 Å². The number of amides is 2. The molecule has 0 aromatic carbocycles. The molecule has 2 amide bonds. The highest BCUT2D eigenvalue weighted by Crippen LogP contribution is 2.27. The summed E-state index contributed by atoms with van der Waals surface area (Å²) in [6, 6.07) is -1.15. The van der Waals surface area contributed by atoms with Crippen LogP contribution in [-0.2, 0) is 14.4 Å². The maximum absolute atomic E-state index is 12.2. The van der Waals surface area contributed by atoms with E-state index in [1.807, 2.05) is 6.92 Å². The van der Waals surface area contributed by atoms with E-state index in [0.717, 1.165) is 0 Å². The van der Waals surface area contributed by atoms with Crippen molar-refractivity contribution in [2.45, 2.75) is 38.4 Å². The molecule has 6 nitrogen and oxygen atoms in total. The number of likely N-dealkylation sites (N-methyl/N-ethyl adjacent to an activating group) is 1. The summed E-state index contributed by atoms with van der Waals surface area (Å²) in [5, 5.41) is 5.76. The highest BCUT2D eigenvalue weighted by atomic mass is 16.2. The number of ketones is 1. The summed E-state index contributed by atoms with van der Waals surface area (Å²) in [7, 11) is 1.80. The molecule has 2 saturated heterocycles. The molecule has 1 unspecified atom stereocenters. The van der Waals surface area contributed by atoms with Gasteiger partial charge in [-0.15, -0.1) is 0 Å². The van der Waals surface area contributed by atoms with Crippen LogP contribution in [0.5, 0.6) is 0 Å². The van der Waals surface area contributed by atoms with Crippen LogP contribution < -0.4 is 10.6 Å². The number of hydrogen-bond donors (Lipinski definition) is 2. The van der Waals surface area contributed by atoms with E-state index >= 15 is 0 Å². The normalized spacial score (nSPS) is 35.4. The molecule has 2 fully saturated rings. The molecule has 2 aliphatic heterocycles. The van der Waals surface area contributed by atoms with Crippen LogP contribution in [0.25, 0.3) is 0 Å². The van der Waals surface area contributed by atoms with Gasteiger partial charge in [-0.2, -0.15) is 0 Å². The van der Waals surface area contributed by atoms with Crippen LogP contribution >= 0.6 is 0 Å². The van der Waals surface area contributed by atoms with Crippen molar-refractivity contribution in [3.05, 3.63) is 0 Å². The maximum Gasteiger partial charge on any atom is 0.246 e. The fourth-order valence-corrected chi connectivity index (χ4v) is 2.96. The molecule has 0 spiro atoms. The van der Waals surface area contributed by atoms with E-state index in [1.165, 1.54) is 6.92 Å². The number of piperazine rings is 1. The monoisotopic (exact) mass is 253 g/mol. The van der Waals surface area contributed by atoms with Crippen molar-refractivity contribution in [3.63, 3.8) is 0 Å². The van der Waals surface area contributed by atoms with Gasteiger partial charge in [-0.25, -0.2) is 0 Å². The van der Waals surface area contributed by atoms with Crippen molar-refractivity contribution < 1.29 is 14.4 Å². The molecule has 2 N–H and O–H groups in total. The Bertz CT molecular complexity index is 396. The first kappa shape index (κ1) is 13.0. The Kier molecular flexibility index (Phi) is 3.38. The second-order valence-corrected chi connectivity index (χ2v) is 5.19. The first-order valence-electron chi connectivity index (χ1n) is 6.23. The number of hydrogen-bond acceptors (Lipinski definition) is 4. The molecule has 0 radical (unpaired) electrons. The third-order valence-electron chi connectivity index (χ3n) is 3.76. The van der Waals surface area contributed by atoms with Crippen molar-refractivity contribution in [3.8, 4) is 0 Å². The van der Waals surface area contributed by atoms with Crippen LogP contribution in [0.15, 0.2) is 0 Å². The number of Topliss-reactive ketones (excluding diaryl/α,β-unsaturated/α-hetero) is 1. The minimum Gasteiger partial charge on any atom is -0.342 e. The molecule has 0 saturated carbocycles. The summed E-state index contributed by atoms with van der Waals surface area (Å²) in [6.45, 7) is 4.01.